The lowest BCUT2D eigenvalue weighted by Gasteiger charge is -2.16. The molecule has 0 N–H and O–H groups in total. The van der Waals surface area contributed by atoms with Gasteiger partial charge in [-0.15, -0.1) is 0 Å². The molecule has 1 rings (SSSR count). The lowest BCUT2D eigenvalue weighted by atomic mass is 10.1. The summed E-state index contributed by atoms with van der Waals surface area (Å²) in [4.78, 5) is 12.0. The second-order valence-corrected chi connectivity index (χ2v) is 4.78. The van der Waals surface area contributed by atoms with Gasteiger partial charge in [0.2, 0.25) is 0 Å². The fraction of sp³-hybridized carbons (Fsp3) is 0.462. The fourth-order valence-electron chi connectivity index (χ4n) is 1.36. The maximum Gasteiger partial charge on any atom is 0.191 e. The van der Waals surface area contributed by atoms with E-state index in [1.165, 1.54) is 0 Å². The lowest BCUT2D eigenvalue weighted by Crippen LogP contribution is -2.25. The third-order valence-electron chi connectivity index (χ3n) is 2.51. The minimum absolute atomic E-state index is 0.0350. The number of halogens is 1. The van der Waals surface area contributed by atoms with Crippen molar-refractivity contribution in [3.8, 4) is 0 Å². The third kappa shape index (κ3) is 3.72. The summed E-state index contributed by atoms with van der Waals surface area (Å²) in [6, 6.07) is 7.35. The number of ketones is 1. The molecule has 88 valence electrons. The van der Waals surface area contributed by atoms with E-state index in [-0.39, 0.29) is 18.0 Å². The van der Waals surface area contributed by atoms with Gasteiger partial charge < -0.3 is 4.74 Å². The van der Waals surface area contributed by atoms with E-state index < -0.39 is 0 Å². The number of carbonyl (C=O) groups is 1. The van der Waals surface area contributed by atoms with Gasteiger partial charge in [0.1, 0.15) is 6.10 Å². The first-order valence-corrected chi connectivity index (χ1v) is 6.29. The summed E-state index contributed by atoms with van der Waals surface area (Å²) in [5, 5.41) is 0. The summed E-state index contributed by atoms with van der Waals surface area (Å²) < 4.78 is 6.56. The maximum atomic E-state index is 12.0. The molecule has 0 aliphatic carbocycles. The van der Waals surface area contributed by atoms with Gasteiger partial charge in [-0.05, 0) is 32.4 Å². The third-order valence-corrected chi connectivity index (χ3v) is 3.04. The van der Waals surface area contributed by atoms with Crippen LogP contribution >= 0.6 is 15.9 Å². The zero-order valence-corrected chi connectivity index (χ0v) is 11.5. The quantitative estimate of drug-likeness (QED) is 0.768. The van der Waals surface area contributed by atoms with Gasteiger partial charge in [-0.25, -0.2) is 0 Å². The molecule has 0 amide bonds. The minimum Gasteiger partial charge on any atom is -0.367 e. The molecule has 0 heterocycles. The normalized spacial score (nSPS) is 14.5. The largest absolute Gasteiger partial charge is 0.367 e. The van der Waals surface area contributed by atoms with Gasteiger partial charge in [0, 0.05) is 10.0 Å². The van der Waals surface area contributed by atoms with Crippen molar-refractivity contribution >= 4 is 21.7 Å². The molecule has 0 fully saturated rings. The Bertz CT molecular complexity index is 345. The van der Waals surface area contributed by atoms with Crippen LogP contribution in [0.25, 0.3) is 0 Å². The molecular weight excluding hydrogens is 268 g/mol. The van der Waals surface area contributed by atoms with Crippen LogP contribution in [0, 0.1) is 0 Å². The van der Waals surface area contributed by atoms with Crippen LogP contribution in [0.4, 0.5) is 0 Å². The van der Waals surface area contributed by atoms with Crippen LogP contribution in [0.3, 0.4) is 0 Å². The zero-order valence-electron chi connectivity index (χ0n) is 9.87. The summed E-state index contributed by atoms with van der Waals surface area (Å²) in [6.45, 7) is 5.82. The van der Waals surface area contributed by atoms with Gasteiger partial charge in [-0.3, -0.25) is 4.79 Å². The number of hydrogen-bond donors (Lipinski definition) is 0. The first kappa shape index (κ1) is 13.4. The molecule has 16 heavy (non-hydrogen) atoms. The Hall–Kier alpha value is -0.670. The Morgan fingerprint density at radius 3 is 2.38 bits per heavy atom. The highest BCUT2D eigenvalue weighted by Crippen LogP contribution is 2.14. The van der Waals surface area contributed by atoms with Crippen molar-refractivity contribution in [1.29, 1.82) is 0 Å². The van der Waals surface area contributed by atoms with Crippen LogP contribution < -0.4 is 0 Å². The van der Waals surface area contributed by atoms with E-state index in [0.717, 1.165) is 10.9 Å². The van der Waals surface area contributed by atoms with E-state index >= 15 is 0 Å². The van der Waals surface area contributed by atoms with Crippen LogP contribution in [0.15, 0.2) is 28.7 Å². The molecule has 0 bridgehead atoms. The average Bonchev–Trinajstić information content (AvgIpc) is 2.28. The van der Waals surface area contributed by atoms with Gasteiger partial charge in [0.05, 0.1) is 6.10 Å². The predicted molar refractivity (Wildman–Crippen MR) is 68.8 cm³/mol. The summed E-state index contributed by atoms with van der Waals surface area (Å²) >= 11 is 3.34. The van der Waals surface area contributed by atoms with Crippen molar-refractivity contribution in [3.05, 3.63) is 34.3 Å². The number of carbonyl (C=O) groups excluding carboxylic acids is 1. The number of rotatable bonds is 5. The molecule has 0 spiro atoms. The second-order valence-electron chi connectivity index (χ2n) is 3.87. The maximum absolute atomic E-state index is 12.0. The molecule has 0 aromatic heterocycles. The van der Waals surface area contributed by atoms with Crippen molar-refractivity contribution in [2.45, 2.75) is 39.4 Å². The molecule has 3 heteroatoms. The Kier molecular flexibility index (Phi) is 5.16. The molecule has 0 aliphatic rings. The summed E-state index contributed by atoms with van der Waals surface area (Å²) in [7, 11) is 0. The highest BCUT2D eigenvalue weighted by atomic mass is 79.9. The van der Waals surface area contributed by atoms with Crippen molar-refractivity contribution < 1.29 is 9.53 Å². The van der Waals surface area contributed by atoms with E-state index in [1.807, 2.05) is 38.1 Å². The van der Waals surface area contributed by atoms with Crippen molar-refractivity contribution in [1.82, 2.24) is 0 Å². The summed E-state index contributed by atoms with van der Waals surface area (Å²) in [5.41, 5.74) is 0.694. The van der Waals surface area contributed by atoms with E-state index in [4.69, 9.17) is 4.74 Å². The molecule has 1 aromatic carbocycles. The standard InChI is InChI=1S/C13H17BrO2/c1-4-9(2)16-10(3)13(15)11-5-7-12(14)8-6-11/h5-10H,4H2,1-3H3. The SMILES string of the molecule is CCC(C)OC(C)C(=O)c1ccc(Br)cc1. The molecular formula is C13H17BrO2. The summed E-state index contributed by atoms with van der Waals surface area (Å²) in [5.74, 6) is 0.0350. The van der Waals surface area contributed by atoms with Crippen molar-refractivity contribution in [2.24, 2.45) is 0 Å². The van der Waals surface area contributed by atoms with Crippen LogP contribution in [-0.2, 0) is 4.74 Å². The van der Waals surface area contributed by atoms with Crippen LogP contribution in [0.2, 0.25) is 0 Å². The van der Waals surface area contributed by atoms with Crippen LogP contribution in [0.5, 0.6) is 0 Å². The summed E-state index contributed by atoms with van der Waals surface area (Å²) in [6.07, 6.45) is 0.656. The molecule has 2 unspecified atom stereocenters. The zero-order chi connectivity index (χ0) is 12.1. The highest BCUT2D eigenvalue weighted by Gasteiger charge is 2.17. The predicted octanol–water partition coefficient (Wildman–Crippen LogP) is 3.84. The Morgan fingerprint density at radius 1 is 1.31 bits per heavy atom. The molecule has 0 aliphatic heterocycles. The average molecular weight is 285 g/mol. The van der Waals surface area contributed by atoms with Gasteiger partial charge in [-0.1, -0.05) is 35.0 Å². The smallest absolute Gasteiger partial charge is 0.191 e. The van der Waals surface area contributed by atoms with E-state index in [0.29, 0.717) is 5.56 Å². The monoisotopic (exact) mass is 284 g/mol. The number of Topliss-reactive ketones (excluding diaryl/α,β-unsaturated/α-hetero) is 1. The second kappa shape index (κ2) is 6.16. The van der Waals surface area contributed by atoms with Crippen LogP contribution in [0.1, 0.15) is 37.6 Å². The Balaban J connectivity index is 2.67. The van der Waals surface area contributed by atoms with Gasteiger partial charge in [0.25, 0.3) is 0 Å². The van der Waals surface area contributed by atoms with Gasteiger partial charge in [-0.2, -0.15) is 0 Å². The minimum atomic E-state index is -0.379. The molecule has 1 aromatic rings. The lowest BCUT2D eigenvalue weighted by molar-refractivity contribution is 0.0113. The first-order chi connectivity index (χ1) is 7.54. The van der Waals surface area contributed by atoms with Crippen molar-refractivity contribution in [3.63, 3.8) is 0 Å². The first-order valence-electron chi connectivity index (χ1n) is 5.49. The van der Waals surface area contributed by atoms with Gasteiger partial charge >= 0.3 is 0 Å². The van der Waals surface area contributed by atoms with E-state index in [2.05, 4.69) is 15.9 Å². The molecule has 0 saturated carbocycles. The molecule has 2 nitrogen and oxygen atoms in total. The number of hydrogen-bond acceptors (Lipinski definition) is 2. The topological polar surface area (TPSA) is 26.3 Å². The molecule has 0 radical (unpaired) electrons. The highest BCUT2D eigenvalue weighted by molar-refractivity contribution is 9.10. The molecule has 2 atom stereocenters. The van der Waals surface area contributed by atoms with Crippen molar-refractivity contribution in [2.75, 3.05) is 0 Å². The number of ether oxygens (including phenoxy) is 1. The van der Waals surface area contributed by atoms with Gasteiger partial charge in [0.15, 0.2) is 5.78 Å². The number of benzene rings is 1. The Morgan fingerprint density at radius 2 is 1.88 bits per heavy atom. The fourth-order valence-corrected chi connectivity index (χ4v) is 1.62. The van der Waals surface area contributed by atoms with Crippen LogP contribution in [-0.4, -0.2) is 18.0 Å². The van der Waals surface area contributed by atoms with E-state index in [9.17, 15) is 4.79 Å². The molecule has 0 saturated heterocycles. The Labute approximate surface area is 105 Å². The van der Waals surface area contributed by atoms with E-state index in [1.54, 1.807) is 6.92 Å².